The highest BCUT2D eigenvalue weighted by molar-refractivity contribution is 6.02. The lowest BCUT2D eigenvalue weighted by Gasteiger charge is -2.05. The molecule has 1 N–H and O–H groups in total. The zero-order valence-electron chi connectivity index (χ0n) is 13.7. The first kappa shape index (κ1) is 17.5. The predicted molar refractivity (Wildman–Crippen MR) is 95.7 cm³/mol. The van der Waals surface area contributed by atoms with Gasteiger partial charge in [-0.05, 0) is 42.3 Å². The first-order chi connectivity index (χ1) is 11.7. The first-order valence-electron chi connectivity index (χ1n) is 8.00. The van der Waals surface area contributed by atoms with E-state index >= 15 is 0 Å². The van der Waals surface area contributed by atoms with Crippen LogP contribution < -0.4 is 5.32 Å². The van der Waals surface area contributed by atoms with Gasteiger partial charge in [0.2, 0.25) is 5.91 Å². The number of nitrogens with one attached hydrogen (secondary N) is 1. The lowest BCUT2D eigenvalue weighted by atomic mass is 10.2. The Morgan fingerprint density at radius 3 is 2.42 bits per heavy atom. The molecule has 0 saturated carbocycles. The summed E-state index contributed by atoms with van der Waals surface area (Å²) in [5.41, 5.74) is 2.06. The maximum Gasteiger partial charge on any atom is 0.338 e. The molecule has 0 aliphatic rings. The number of benzene rings is 2. The third-order valence-electron chi connectivity index (χ3n) is 3.35. The van der Waals surface area contributed by atoms with Crippen LogP contribution in [-0.2, 0) is 9.53 Å². The number of ether oxygens (including phenoxy) is 1. The Labute approximate surface area is 142 Å². The van der Waals surface area contributed by atoms with E-state index in [9.17, 15) is 9.59 Å². The van der Waals surface area contributed by atoms with Gasteiger partial charge in [0, 0.05) is 11.8 Å². The van der Waals surface area contributed by atoms with Gasteiger partial charge in [-0.3, -0.25) is 4.79 Å². The molecule has 4 nitrogen and oxygen atoms in total. The minimum absolute atomic E-state index is 0.225. The lowest BCUT2D eigenvalue weighted by molar-refractivity contribution is -0.111. The van der Waals surface area contributed by atoms with Gasteiger partial charge in [0.15, 0.2) is 0 Å². The summed E-state index contributed by atoms with van der Waals surface area (Å²) in [6.45, 7) is 2.47. The van der Waals surface area contributed by atoms with Gasteiger partial charge in [-0.25, -0.2) is 4.79 Å². The summed E-state index contributed by atoms with van der Waals surface area (Å²) in [6.07, 6.45) is 5.05. The van der Waals surface area contributed by atoms with Crippen molar-refractivity contribution >= 4 is 23.6 Å². The smallest absolute Gasteiger partial charge is 0.338 e. The minimum Gasteiger partial charge on any atom is -0.462 e. The molecule has 0 spiro atoms. The van der Waals surface area contributed by atoms with Crippen molar-refractivity contribution < 1.29 is 14.3 Å². The van der Waals surface area contributed by atoms with Crippen LogP contribution in [0.5, 0.6) is 0 Å². The molecule has 0 aliphatic heterocycles. The van der Waals surface area contributed by atoms with Crippen LogP contribution in [-0.4, -0.2) is 18.5 Å². The molecule has 0 aromatic heterocycles. The van der Waals surface area contributed by atoms with Crippen molar-refractivity contribution in [2.75, 3.05) is 11.9 Å². The molecule has 4 heteroatoms. The van der Waals surface area contributed by atoms with Crippen LogP contribution in [0.4, 0.5) is 5.69 Å². The average Bonchev–Trinajstić information content (AvgIpc) is 2.61. The average molecular weight is 323 g/mol. The van der Waals surface area contributed by atoms with E-state index in [1.807, 2.05) is 37.3 Å². The van der Waals surface area contributed by atoms with Crippen molar-refractivity contribution in [3.05, 3.63) is 71.8 Å². The van der Waals surface area contributed by atoms with Gasteiger partial charge in [0.25, 0.3) is 0 Å². The summed E-state index contributed by atoms with van der Waals surface area (Å²) in [7, 11) is 0. The highest BCUT2D eigenvalue weighted by Crippen LogP contribution is 2.11. The molecule has 0 heterocycles. The quantitative estimate of drug-likeness (QED) is 0.470. The van der Waals surface area contributed by atoms with E-state index in [-0.39, 0.29) is 11.9 Å². The highest BCUT2D eigenvalue weighted by Gasteiger charge is 2.07. The maximum absolute atomic E-state index is 11.9. The van der Waals surface area contributed by atoms with E-state index in [0.717, 1.165) is 18.4 Å². The van der Waals surface area contributed by atoms with E-state index in [2.05, 4.69) is 5.32 Å². The topological polar surface area (TPSA) is 55.4 Å². The van der Waals surface area contributed by atoms with Crippen LogP contribution >= 0.6 is 0 Å². The summed E-state index contributed by atoms with van der Waals surface area (Å²) in [5.74, 6) is -0.567. The van der Waals surface area contributed by atoms with E-state index in [1.165, 1.54) is 6.08 Å². The van der Waals surface area contributed by atoms with Gasteiger partial charge in [0.1, 0.15) is 0 Å². The second-order valence-corrected chi connectivity index (χ2v) is 5.30. The number of carbonyl (C=O) groups is 2. The molecule has 0 saturated heterocycles. The SMILES string of the molecule is CCCCOC(=O)c1ccc(NC(=O)C=Cc2ccccc2)cc1. The molecule has 0 fully saturated rings. The summed E-state index contributed by atoms with van der Waals surface area (Å²) >= 11 is 0. The normalized spacial score (nSPS) is 10.5. The number of amides is 1. The molecule has 2 rings (SSSR count). The molecule has 1 amide bonds. The molecule has 0 atom stereocenters. The zero-order chi connectivity index (χ0) is 17.2. The minimum atomic E-state index is -0.342. The van der Waals surface area contributed by atoms with Crippen molar-refractivity contribution in [2.24, 2.45) is 0 Å². The van der Waals surface area contributed by atoms with E-state index in [1.54, 1.807) is 30.3 Å². The molecular weight excluding hydrogens is 302 g/mol. The fourth-order valence-electron chi connectivity index (χ4n) is 2.00. The van der Waals surface area contributed by atoms with Crippen molar-refractivity contribution in [1.82, 2.24) is 0 Å². The van der Waals surface area contributed by atoms with Crippen LogP contribution in [0.25, 0.3) is 6.08 Å². The number of unbranched alkanes of at least 4 members (excludes halogenated alkanes) is 1. The molecule has 0 unspecified atom stereocenters. The molecule has 0 bridgehead atoms. The molecule has 2 aromatic rings. The Bertz CT molecular complexity index is 691. The van der Waals surface area contributed by atoms with Gasteiger partial charge in [-0.1, -0.05) is 43.7 Å². The maximum atomic E-state index is 11.9. The molecule has 0 radical (unpaired) electrons. The van der Waals surface area contributed by atoms with Crippen molar-refractivity contribution in [3.63, 3.8) is 0 Å². The summed E-state index contributed by atoms with van der Waals surface area (Å²) in [6, 6.07) is 16.2. The number of esters is 1. The van der Waals surface area contributed by atoms with Crippen LogP contribution in [0.2, 0.25) is 0 Å². The highest BCUT2D eigenvalue weighted by atomic mass is 16.5. The second kappa shape index (κ2) is 9.30. The van der Waals surface area contributed by atoms with Crippen molar-refractivity contribution in [2.45, 2.75) is 19.8 Å². The fraction of sp³-hybridized carbons (Fsp3) is 0.200. The predicted octanol–water partition coefficient (Wildman–Crippen LogP) is 4.30. The van der Waals surface area contributed by atoms with Gasteiger partial charge < -0.3 is 10.1 Å². The fourth-order valence-corrected chi connectivity index (χ4v) is 2.00. The third kappa shape index (κ3) is 5.72. The molecule has 24 heavy (non-hydrogen) atoms. The second-order valence-electron chi connectivity index (χ2n) is 5.30. The van der Waals surface area contributed by atoms with Crippen LogP contribution in [0, 0.1) is 0 Å². The van der Waals surface area contributed by atoms with Gasteiger partial charge in [-0.2, -0.15) is 0 Å². The zero-order valence-corrected chi connectivity index (χ0v) is 13.7. The Hall–Kier alpha value is -2.88. The van der Waals surface area contributed by atoms with Gasteiger partial charge >= 0.3 is 5.97 Å². The van der Waals surface area contributed by atoms with Crippen LogP contribution in [0.3, 0.4) is 0 Å². The molecular formula is C20H21NO3. The van der Waals surface area contributed by atoms with Crippen LogP contribution in [0.15, 0.2) is 60.7 Å². The third-order valence-corrected chi connectivity index (χ3v) is 3.35. The number of hydrogen-bond acceptors (Lipinski definition) is 3. The standard InChI is InChI=1S/C20H21NO3/c1-2-3-15-24-20(23)17-10-12-18(13-11-17)21-19(22)14-9-16-7-5-4-6-8-16/h4-14H,2-3,15H2,1H3,(H,21,22). The molecule has 2 aromatic carbocycles. The number of carbonyl (C=O) groups excluding carboxylic acids is 2. The summed E-state index contributed by atoms with van der Waals surface area (Å²) < 4.78 is 5.14. The Morgan fingerprint density at radius 1 is 1.04 bits per heavy atom. The van der Waals surface area contributed by atoms with Crippen molar-refractivity contribution in [1.29, 1.82) is 0 Å². The number of anilines is 1. The Kier molecular flexibility index (Phi) is 6.77. The van der Waals surface area contributed by atoms with E-state index in [0.29, 0.717) is 17.9 Å². The van der Waals surface area contributed by atoms with Crippen molar-refractivity contribution in [3.8, 4) is 0 Å². The lowest BCUT2D eigenvalue weighted by Crippen LogP contribution is -2.09. The number of hydrogen-bond donors (Lipinski definition) is 1. The molecule has 0 aliphatic carbocycles. The van der Waals surface area contributed by atoms with E-state index < -0.39 is 0 Å². The summed E-state index contributed by atoms with van der Waals surface area (Å²) in [4.78, 5) is 23.7. The Balaban J connectivity index is 1.88. The first-order valence-corrected chi connectivity index (χ1v) is 8.00. The van der Waals surface area contributed by atoms with Crippen LogP contribution in [0.1, 0.15) is 35.7 Å². The van der Waals surface area contributed by atoms with Gasteiger partial charge in [-0.15, -0.1) is 0 Å². The summed E-state index contributed by atoms with van der Waals surface area (Å²) in [5, 5.41) is 2.75. The molecule has 124 valence electrons. The van der Waals surface area contributed by atoms with Gasteiger partial charge in [0.05, 0.1) is 12.2 Å². The number of rotatable bonds is 7. The largest absolute Gasteiger partial charge is 0.462 e. The Morgan fingerprint density at radius 2 is 1.75 bits per heavy atom. The monoisotopic (exact) mass is 323 g/mol. The van der Waals surface area contributed by atoms with E-state index in [4.69, 9.17) is 4.74 Å².